The molecule has 0 bridgehead atoms. The van der Waals surface area contributed by atoms with E-state index in [9.17, 15) is 14.4 Å². The SMILES string of the molecule is COC(=O)c1ccc2c(c1)CCN(C(=O)c1cc3[nH]c(=O)c4cnc(C5CCOCC5)n4c3cc1C)C2. The molecule has 1 fully saturated rings. The van der Waals surface area contributed by atoms with Crippen LogP contribution in [0.4, 0.5) is 0 Å². The van der Waals surface area contributed by atoms with Crippen molar-refractivity contribution < 1.29 is 19.1 Å². The highest BCUT2D eigenvalue weighted by Crippen LogP contribution is 2.30. The van der Waals surface area contributed by atoms with Crippen molar-refractivity contribution in [2.75, 3.05) is 26.9 Å². The number of imidazole rings is 1. The maximum atomic E-state index is 13.6. The summed E-state index contributed by atoms with van der Waals surface area (Å²) in [5.41, 5.74) is 5.70. The summed E-state index contributed by atoms with van der Waals surface area (Å²) >= 11 is 0. The van der Waals surface area contributed by atoms with Gasteiger partial charge in [0.15, 0.2) is 0 Å². The zero-order valence-corrected chi connectivity index (χ0v) is 20.9. The van der Waals surface area contributed by atoms with Gasteiger partial charge in [0.25, 0.3) is 11.5 Å². The van der Waals surface area contributed by atoms with Crippen molar-refractivity contribution in [2.24, 2.45) is 0 Å². The number of aromatic nitrogens is 3. The molecule has 4 heterocycles. The zero-order chi connectivity index (χ0) is 25.7. The lowest BCUT2D eigenvalue weighted by molar-refractivity contribution is 0.0599. The highest BCUT2D eigenvalue weighted by atomic mass is 16.5. The summed E-state index contributed by atoms with van der Waals surface area (Å²) in [5, 5.41) is 0. The molecule has 190 valence electrons. The third kappa shape index (κ3) is 3.99. The highest BCUT2D eigenvalue weighted by Gasteiger charge is 2.26. The van der Waals surface area contributed by atoms with Crippen molar-refractivity contribution in [3.8, 4) is 0 Å². The van der Waals surface area contributed by atoms with Crippen LogP contribution in [0.3, 0.4) is 0 Å². The van der Waals surface area contributed by atoms with Crippen LogP contribution in [0.2, 0.25) is 0 Å². The molecule has 6 rings (SSSR count). The van der Waals surface area contributed by atoms with E-state index in [1.807, 2.05) is 34.4 Å². The molecule has 9 heteroatoms. The number of aryl methyl sites for hydroxylation is 1. The number of hydrogen-bond acceptors (Lipinski definition) is 6. The van der Waals surface area contributed by atoms with Crippen molar-refractivity contribution in [3.05, 3.63) is 80.5 Å². The fourth-order valence-electron chi connectivity index (χ4n) is 5.56. The molecule has 2 aromatic heterocycles. The average Bonchev–Trinajstić information content (AvgIpc) is 3.38. The minimum absolute atomic E-state index is 0.0849. The fourth-order valence-corrected chi connectivity index (χ4v) is 5.56. The lowest BCUT2D eigenvalue weighted by Gasteiger charge is -2.29. The predicted molar refractivity (Wildman–Crippen MR) is 137 cm³/mol. The molecule has 37 heavy (non-hydrogen) atoms. The second kappa shape index (κ2) is 9.15. The van der Waals surface area contributed by atoms with Gasteiger partial charge >= 0.3 is 5.97 Å². The smallest absolute Gasteiger partial charge is 0.337 e. The number of hydrogen-bond donors (Lipinski definition) is 1. The molecule has 0 saturated carbocycles. The number of carbonyl (C=O) groups excluding carboxylic acids is 2. The van der Waals surface area contributed by atoms with Gasteiger partial charge in [-0.3, -0.25) is 14.0 Å². The first-order chi connectivity index (χ1) is 17.9. The number of nitrogens with zero attached hydrogens (tertiary/aromatic N) is 3. The van der Waals surface area contributed by atoms with Crippen LogP contribution in [0.5, 0.6) is 0 Å². The Labute approximate surface area is 213 Å². The Balaban J connectivity index is 1.36. The zero-order valence-electron chi connectivity index (χ0n) is 20.9. The summed E-state index contributed by atoms with van der Waals surface area (Å²) in [6.45, 7) is 4.29. The lowest BCUT2D eigenvalue weighted by atomic mass is 9.96. The van der Waals surface area contributed by atoms with Crippen molar-refractivity contribution in [3.63, 3.8) is 0 Å². The largest absolute Gasteiger partial charge is 0.465 e. The van der Waals surface area contributed by atoms with Crippen LogP contribution < -0.4 is 5.56 Å². The van der Waals surface area contributed by atoms with Crippen molar-refractivity contribution in [1.82, 2.24) is 19.3 Å². The summed E-state index contributed by atoms with van der Waals surface area (Å²) in [6, 6.07) is 9.23. The number of fused-ring (bicyclic) bond motifs is 4. The minimum atomic E-state index is -0.367. The third-order valence-corrected chi connectivity index (χ3v) is 7.60. The summed E-state index contributed by atoms with van der Waals surface area (Å²) in [5.74, 6) is 0.634. The van der Waals surface area contributed by atoms with Crippen LogP contribution in [0, 0.1) is 6.92 Å². The van der Waals surface area contributed by atoms with Gasteiger partial charge in [0.2, 0.25) is 0 Å². The van der Waals surface area contributed by atoms with Crippen molar-refractivity contribution in [1.29, 1.82) is 0 Å². The molecule has 0 radical (unpaired) electrons. The summed E-state index contributed by atoms with van der Waals surface area (Å²) in [7, 11) is 1.37. The number of benzene rings is 2. The van der Waals surface area contributed by atoms with Crippen LogP contribution in [0.15, 0.2) is 41.3 Å². The second-order valence-electron chi connectivity index (χ2n) is 9.81. The Morgan fingerprint density at radius 1 is 1.11 bits per heavy atom. The van der Waals surface area contributed by atoms with Gasteiger partial charge in [-0.25, -0.2) is 9.78 Å². The quantitative estimate of drug-likeness (QED) is 0.433. The molecule has 4 aromatic rings. The van der Waals surface area contributed by atoms with Gasteiger partial charge in [-0.2, -0.15) is 0 Å². The van der Waals surface area contributed by atoms with E-state index in [1.165, 1.54) is 7.11 Å². The number of rotatable bonds is 3. The van der Waals surface area contributed by atoms with Crippen LogP contribution in [-0.4, -0.2) is 58.0 Å². The molecular formula is C28H28N4O5. The van der Waals surface area contributed by atoms with E-state index in [0.717, 1.165) is 40.9 Å². The van der Waals surface area contributed by atoms with Gasteiger partial charge in [0.1, 0.15) is 11.3 Å². The molecule has 1 saturated heterocycles. The number of H-pyrrole nitrogens is 1. The summed E-state index contributed by atoms with van der Waals surface area (Å²) < 4.78 is 12.3. The van der Waals surface area contributed by atoms with E-state index in [4.69, 9.17) is 9.47 Å². The molecule has 1 N–H and O–H groups in total. The molecule has 9 nitrogen and oxygen atoms in total. The van der Waals surface area contributed by atoms with E-state index in [2.05, 4.69) is 9.97 Å². The predicted octanol–water partition coefficient (Wildman–Crippen LogP) is 3.36. The Morgan fingerprint density at radius 3 is 2.70 bits per heavy atom. The molecular weight excluding hydrogens is 472 g/mol. The Bertz CT molecular complexity index is 1610. The maximum absolute atomic E-state index is 13.6. The van der Waals surface area contributed by atoms with Crippen LogP contribution >= 0.6 is 0 Å². The van der Waals surface area contributed by atoms with Gasteiger partial charge in [0, 0.05) is 37.8 Å². The van der Waals surface area contributed by atoms with E-state index in [-0.39, 0.29) is 23.4 Å². The number of esters is 1. The van der Waals surface area contributed by atoms with E-state index < -0.39 is 0 Å². The average molecular weight is 501 g/mol. The number of nitrogens with one attached hydrogen (secondary N) is 1. The Kier molecular flexibility index (Phi) is 5.79. The van der Waals surface area contributed by atoms with E-state index in [0.29, 0.717) is 54.9 Å². The lowest BCUT2D eigenvalue weighted by Crippen LogP contribution is -2.36. The monoisotopic (exact) mass is 500 g/mol. The maximum Gasteiger partial charge on any atom is 0.337 e. The van der Waals surface area contributed by atoms with E-state index >= 15 is 0 Å². The summed E-state index contributed by atoms with van der Waals surface area (Å²) in [4.78, 5) is 47.8. The van der Waals surface area contributed by atoms with Gasteiger partial charge in [-0.1, -0.05) is 6.07 Å². The van der Waals surface area contributed by atoms with Gasteiger partial charge in [-0.05, 0) is 67.1 Å². The van der Waals surface area contributed by atoms with Crippen LogP contribution in [0.25, 0.3) is 16.6 Å². The number of carbonyl (C=O) groups is 2. The second-order valence-corrected chi connectivity index (χ2v) is 9.81. The first-order valence-corrected chi connectivity index (χ1v) is 12.6. The molecule has 0 atom stereocenters. The number of methoxy groups -OCH3 is 1. The third-order valence-electron chi connectivity index (χ3n) is 7.60. The molecule has 2 aliphatic rings. The Morgan fingerprint density at radius 2 is 1.92 bits per heavy atom. The number of ether oxygens (including phenoxy) is 2. The van der Waals surface area contributed by atoms with Gasteiger partial charge < -0.3 is 19.4 Å². The topological polar surface area (TPSA) is 106 Å². The molecule has 1 amide bonds. The standard InChI is InChI=1S/C28H28N4O5/c1-16-11-23-22(30-26(33)24-14-29-25(32(23)24)17-6-9-37-10-7-17)13-21(16)27(34)31-8-5-18-12-19(28(35)36-2)3-4-20(18)15-31/h3-4,11-14,17H,5-10,15H2,1-2H3,(H,30,33). The molecule has 0 unspecified atom stereocenters. The van der Waals surface area contributed by atoms with E-state index in [1.54, 1.807) is 18.3 Å². The van der Waals surface area contributed by atoms with Crippen molar-refractivity contribution in [2.45, 2.75) is 38.6 Å². The van der Waals surface area contributed by atoms with Gasteiger partial charge in [0.05, 0.1) is 29.9 Å². The van der Waals surface area contributed by atoms with Gasteiger partial charge in [-0.15, -0.1) is 0 Å². The molecule has 0 aliphatic carbocycles. The number of aromatic amines is 1. The molecule has 2 aromatic carbocycles. The minimum Gasteiger partial charge on any atom is -0.465 e. The Hall–Kier alpha value is -3.98. The highest BCUT2D eigenvalue weighted by molar-refractivity contribution is 5.99. The van der Waals surface area contributed by atoms with Crippen LogP contribution in [-0.2, 0) is 22.4 Å². The summed E-state index contributed by atoms with van der Waals surface area (Å²) in [6.07, 6.45) is 4.01. The van der Waals surface area contributed by atoms with Crippen LogP contribution in [0.1, 0.15) is 62.0 Å². The molecule has 0 spiro atoms. The number of amides is 1. The molecule has 2 aliphatic heterocycles. The first-order valence-electron chi connectivity index (χ1n) is 12.6. The normalized spacial score (nSPS) is 16.2. The first kappa shape index (κ1) is 23.4. The van der Waals surface area contributed by atoms with Crippen molar-refractivity contribution >= 4 is 28.4 Å². The fraction of sp³-hybridized carbons (Fsp3) is 0.357.